The molecule has 0 saturated carbocycles. The Labute approximate surface area is 179 Å². The molecule has 1 aromatic carbocycles. The van der Waals surface area contributed by atoms with E-state index in [0.29, 0.717) is 27.8 Å². The van der Waals surface area contributed by atoms with Crippen LogP contribution in [0.2, 0.25) is 5.02 Å². The van der Waals surface area contributed by atoms with Crippen molar-refractivity contribution in [3.8, 4) is 22.9 Å². The van der Waals surface area contributed by atoms with Crippen LogP contribution in [0.4, 0.5) is 11.6 Å². The maximum Gasteiger partial charge on any atom is 0.141 e. The van der Waals surface area contributed by atoms with Crippen molar-refractivity contribution in [2.45, 2.75) is 19.9 Å². The molecule has 0 radical (unpaired) electrons. The third kappa shape index (κ3) is 3.88. The molecule has 0 spiro atoms. The molecule has 152 valence electrons. The molecule has 30 heavy (non-hydrogen) atoms. The van der Waals surface area contributed by atoms with E-state index in [9.17, 15) is 5.26 Å². The molecule has 0 bridgehead atoms. The quantitative estimate of drug-likeness (QED) is 0.509. The van der Waals surface area contributed by atoms with Crippen molar-refractivity contribution < 1.29 is 4.74 Å². The lowest BCUT2D eigenvalue weighted by Crippen LogP contribution is -2.13. The van der Waals surface area contributed by atoms with Crippen LogP contribution in [0, 0.1) is 23.7 Å². The number of methoxy groups -OCH3 is 1. The SMILES string of the molecule is COc1c(C(C)Nc2ncnc(N)c2C=N)cc(Cl)c(C)c1-c1ccnc(C#N)c1. The summed E-state index contributed by atoms with van der Waals surface area (Å²) in [6.07, 6.45) is 4.02. The van der Waals surface area contributed by atoms with Crippen molar-refractivity contribution in [1.82, 2.24) is 15.0 Å². The fraction of sp³-hybridized carbons (Fsp3) is 0.190. The number of nitrogens with zero attached hydrogens (tertiary/aromatic N) is 4. The fourth-order valence-corrected chi connectivity index (χ4v) is 3.44. The highest BCUT2D eigenvalue weighted by molar-refractivity contribution is 6.32. The van der Waals surface area contributed by atoms with Crippen molar-refractivity contribution in [2.24, 2.45) is 0 Å². The first kappa shape index (κ1) is 21.0. The minimum atomic E-state index is -0.290. The van der Waals surface area contributed by atoms with Gasteiger partial charge >= 0.3 is 0 Å². The predicted molar refractivity (Wildman–Crippen MR) is 117 cm³/mol. The number of nitrogens with two attached hydrogens (primary N) is 1. The summed E-state index contributed by atoms with van der Waals surface area (Å²) in [6.45, 7) is 3.82. The van der Waals surface area contributed by atoms with Gasteiger partial charge in [0.05, 0.1) is 18.7 Å². The molecule has 8 nitrogen and oxygen atoms in total. The molecule has 0 amide bonds. The van der Waals surface area contributed by atoms with Crippen LogP contribution in [0.25, 0.3) is 11.1 Å². The average molecular weight is 422 g/mol. The maximum atomic E-state index is 9.22. The number of rotatable bonds is 6. The molecule has 1 unspecified atom stereocenters. The number of pyridine rings is 1. The van der Waals surface area contributed by atoms with Gasteiger partial charge < -0.3 is 21.2 Å². The van der Waals surface area contributed by atoms with Gasteiger partial charge in [-0.05, 0) is 43.2 Å². The van der Waals surface area contributed by atoms with Gasteiger partial charge in [0.25, 0.3) is 0 Å². The largest absolute Gasteiger partial charge is 0.496 e. The van der Waals surface area contributed by atoms with Gasteiger partial charge in [0, 0.05) is 28.6 Å². The monoisotopic (exact) mass is 421 g/mol. The van der Waals surface area contributed by atoms with E-state index in [1.165, 1.54) is 6.33 Å². The van der Waals surface area contributed by atoms with E-state index in [2.05, 4.69) is 26.3 Å². The maximum absolute atomic E-state index is 9.22. The van der Waals surface area contributed by atoms with Crippen LogP contribution >= 0.6 is 11.6 Å². The van der Waals surface area contributed by atoms with Crippen LogP contribution in [-0.4, -0.2) is 28.3 Å². The first-order chi connectivity index (χ1) is 14.4. The summed E-state index contributed by atoms with van der Waals surface area (Å²) in [4.78, 5) is 12.2. The van der Waals surface area contributed by atoms with Crippen LogP contribution in [0.1, 0.15) is 35.3 Å². The molecule has 2 aromatic heterocycles. The summed E-state index contributed by atoms with van der Waals surface area (Å²) < 4.78 is 5.78. The van der Waals surface area contributed by atoms with Crippen LogP contribution in [-0.2, 0) is 0 Å². The fourth-order valence-electron chi connectivity index (χ4n) is 3.23. The second-order valence-corrected chi connectivity index (χ2v) is 6.96. The van der Waals surface area contributed by atoms with Crippen LogP contribution in [0.5, 0.6) is 5.75 Å². The van der Waals surface area contributed by atoms with Gasteiger partial charge in [-0.25, -0.2) is 15.0 Å². The first-order valence-electron chi connectivity index (χ1n) is 9.02. The molecular formula is C21H20ClN7O. The summed E-state index contributed by atoms with van der Waals surface area (Å²) in [7, 11) is 1.58. The number of benzene rings is 1. The Bertz CT molecular complexity index is 1160. The average Bonchev–Trinajstić information content (AvgIpc) is 2.75. The second-order valence-electron chi connectivity index (χ2n) is 6.55. The molecule has 0 fully saturated rings. The van der Waals surface area contributed by atoms with E-state index in [1.54, 1.807) is 19.4 Å². The molecule has 0 aliphatic heterocycles. The minimum absolute atomic E-state index is 0.213. The number of halogens is 1. The van der Waals surface area contributed by atoms with E-state index >= 15 is 0 Å². The van der Waals surface area contributed by atoms with E-state index in [0.717, 1.165) is 28.5 Å². The topological polar surface area (TPSA) is 134 Å². The Morgan fingerprint density at radius 3 is 2.77 bits per heavy atom. The molecule has 3 aromatic rings. The van der Waals surface area contributed by atoms with Crippen molar-refractivity contribution >= 4 is 29.5 Å². The third-order valence-electron chi connectivity index (χ3n) is 4.75. The van der Waals surface area contributed by atoms with Crippen molar-refractivity contribution in [3.05, 3.63) is 58.1 Å². The summed E-state index contributed by atoms with van der Waals surface area (Å²) in [5, 5.41) is 20.6. The number of nitriles is 1. The molecule has 4 N–H and O–H groups in total. The lowest BCUT2D eigenvalue weighted by Gasteiger charge is -2.23. The Hall–Kier alpha value is -3.70. The Morgan fingerprint density at radius 1 is 1.33 bits per heavy atom. The van der Waals surface area contributed by atoms with Gasteiger partial charge in [0.1, 0.15) is 35.5 Å². The molecule has 1 atom stereocenters. The Morgan fingerprint density at radius 2 is 2.10 bits per heavy atom. The Kier molecular flexibility index (Phi) is 6.14. The van der Waals surface area contributed by atoms with Gasteiger partial charge in [0.2, 0.25) is 0 Å². The number of anilines is 2. The van der Waals surface area contributed by atoms with E-state index < -0.39 is 0 Å². The highest BCUT2D eigenvalue weighted by Gasteiger charge is 2.22. The third-order valence-corrected chi connectivity index (χ3v) is 5.14. The molecule has 0 aliphatic carbocycles. The van der Waals surface area contributed by atoms with Crippen molar-refractivity contribution in [1.29, 1.82) is 10.7 Å². The van der Waals surface area contributed by atoms with Crippen LogP contribution in [0.3, 0.4) is 0 Å². The lowest BCUT2D eigenvalue weighted by molar-refractivity contribution is 0.409. The molecule has 3 rings (SSSR count). The zero-order valence-electron chi connectivity index (χ0n) is 16.7. The molecule has 9 heteroatoms. The van der Waals surface area contributed by atoms with Gasteiger partial charge in [-0.2, -0.15) is 5.26 Å². The van der Waals surface area contributed by atoms with E-state index in [4.69, 9.17) is 27.5 Å². The highest BCUT2D eigenvalue weighted by Crippen LogP contribution is 2.42. The number of hydrogen-bond donors (Lipinski definition) is 3. The summed E-state index contributed by atoms with van der Waals surface area (Å²) in [5.41, 5.74) is 9.72. The minimum Gasteiger partial charge on any atom is -0.496 e. The number of aromatic nitrogens is 3. The lowest BCUT2D eigenvalue weighted by atomic mass is 9.94. The van der Waals surface area contributed by atoms with Crippen LogP contribution in [0.15, 0.2) is 30.7 Å². The smallest absolute Gasteiger partial charge is 0.141 e. The molecule has 0 saturated heterocycles. The van der Waals surface area contributed by atoms with Gasteiger partial charge in [0.15, 0.2) is 0 Å². The summed E-state index contributed by atoms with van der Waals surface area (Å²) in [5.74, 6) is 1.26. The first-order valence-corrected chi connectivity index (χ1v) is 9.40. The molecule has 0 aliphatic rings. The zero-order chi connectivity index (χ0) is 21.8. The van der Waals surface area contributed by atoms with Gasteiger partial charge in [-0.15, -0.1) is 0 Å². The normalized spacial score (nSPS) is 11.4. The second kappa shape index (κ2) is 8.76. The Balaban J connectivity index is 2.14. The summed E-state index contributed by atoms with van der Waals surface area (Å²) in [6, 6.07) is 7.10. The van der Waals surface area contributed by atoms with E-state index in [1.807, 2.05) is 26.0 Å². The number of ether oxygens (including phenoxy) is 1. The molecular weight excluding hydrogens is 402 g/mol. The highest BCUT2D eigenvalue weighted by atomic mass is 35.5. The van der Waals surface area contributed by atoms with Gasteiger partial charge in [-0.1, -0.05) is 11.6 Å². The molecule has 2 heterocycles. The summed E-state index contributed by atoms with van der Waals surface area (Å²) >= 11 is 6.56. The van der Waals surface area contributed by atoms with E-state index in [-0.39, 0.29) is 11.9 Å². The zero-order valence-corrected chi connectivity index (χ0v) is 17.4. The van der Waals surface area contributed by atoms with Crippen molar-refractivity contribution in [3.63, 3.8) is 0 Å². The number of hydrogen-bond acceptors (Lipinski definition) is 8. The number of nitrogen functional groups attached to an aromatic ring is 1. The number of nitrogens with one attached hydrogen (secondary N) is 2. The van der Waals surface area contributed by atoms with Crippen LogP contribution < -0.4 is 15.8 Å². The van der Waals surface area contributed by atoms with Crippen molar-refractivity contribution in [2.75, 3.05) is 18.2 Å². The van der Waals surface area contributed by atoms with Gasteiger partial charge in [-0.3, -0.25) is 0 Å². The standard InChI is InChI=1S/C21H20ClN7O/c1-11-17(22)7-15(12(2)29-21-16(9-24)20(25)27-10-28-21)19(30-3)18(11)13-4-5-26-14(6-13)8-23/h4-7,9-10,12,24H,1-3H3,(H3,25,27,28,29). The predicted octanol–water partition coefficient (Wildman–Crippen LogP) is 4.13.